The smallest absolute Gasteiger partial charge is 0.450 e. The number of amides is 1. The first kappa shape index (κ1) is 29.2. The van der Waals surface area contributed by atoms with Crippen LogP contribution in [0.3, 0.4) is 0 Å². The van der Waals surface area contributed by atoms with Crippen molar-refractivity contribution in [2.45, 2.75) is 44.9 Å². The molecule has 8 nitrogen and oxygen atoms in total. The Hall–Kier alpha value is -4.80. The SMILES string of the molecule is Cc1onc(-c2ccc(-c3ccc(C4CC4)cc3)cc2)c1NC(=O)O[C@H](C)c1ccccc1C(F)(F)F.O=C(O)O. The van der Waals surface area contributed by atoms with E-state index >= 15 is 0 Å². The Morgan fingerprint density at radius 2 is 1.49 bits per heavy atom. The minimum atomic E-state index is -4.56. The average Bonchev–Trinajstić information content (AvgIpc) is 3.72. The molecule has 3 aromatic carbocycles. The molecule has 1 fully saturated rings. The molecule has 0 radical (unpaired) electrons. The summed E-state index contributed by atoms with van der Waals surface area (Å²) in [5.74, 6) is 1.04. The Bertz CT molecular complexity index is 1510. The molecule has 0 saturated heterocycles. The van der Waals surface area contributed by atoms with Crippen molar-refractivity contribution in [3.8, 4) is 22.4 Å². The second-order valence-electron chi connectivity index (χ2n) is 9.48. The number of anilines is 1. The molecule has 0 spiro atoms. The molecule has 214 valence electrons. The number of nitrogens with one attached hydrogen (secondary N) is 1. The Balaban J connectivity index is 0.000000909. The molecule has 41 heavy (non-hydrogen) atoms. The summed E-state index contributed by atoms with van der Waals surface area (Å²) in [6.07, 6.45) is -5.92. The summed E-state index contributed by atoms with van der Waals surface area (Å²) >= 11 is 0. The number of carbonyl (C=O) groups is 2. The van der Waals surface area contributed by atoms with Gasteiger partial charge in [0.15, 0.2) is 5.76 Å². The zero-order chi connectivity index (χ0) is 29.7. The third-order valence-corrected chi connectivity index (χ3v) is 6.53. The van der Waals surface area contributed by atoms with E-state index in [1.54, 1.807) is 6.92 Å². The number of halogens is 3. The highest BCUT2D eigenvalue weighted by atomic mass is 19.4. The molecule has 0 aliphatic heterocycles. The lowest BCUT2D eigenvalue weighted by Crippen LogP contribution is -2.19. The zero-order valence-corrected chi connectivity index (χ0v) is 22.1. The van der Waals surface area contributed by atoms with Gasteiger partial charge in [-0.25, -0.2) is 9.59 Å². The van der Waals surface area contributed by atoms with Crippen LogP contribution < -0.4 is 5.32 Å². The maximum Gasteiger partial charge on any atom is 0.503 e. The summed E-state index contributed by atoms with van der Waals surface area (Å²) in [6.45, 7) is 3.02. The van der Waals surface area contributed by atoms with Crippen molar-refractivity contribution in [3.63, 3.8) is 0 Å². The fourth-order valence-corrected chi connectivity index (χ4v) is 4.37. The molecule has 1 atom stereocenters. The van der Waals surface area contributed by atoms with E-state index in [1.807, 2.05) is 24.3 Å². The fourth-order valence-electron chi connectivity index (χ4n) is 4.37. The quantitative estimate of drug-likeness (QED) is 0.213. The molecule has 0 bridgehead atoms. The fraction of sp³-hybridized carbons (Fsp3) is 0.233. The van der Waals surface area contributed by atoms with Crippen LogP contribution in [0, 0.1) is 6.92 Å². The van der Waals surface area contributed by atoms with Crippen LogP contribution in [-0.4, -0.2) is 27.6 Å². The number of benzene rings is 3. The van der Waals surface area contributed by atoms with E-state index in [-0.39, 0.29) is 5.56 Å². The number of alkyl halides is 3. The summed E-state index contributed by atoms with van der Waals surface area (Å²) in [7, 11) is 0. The lowest BCUT2D eigenvalue weighted by Gasteiger charge is -2.19. The van der Waals surface area contributed by atoms with Gasteiger partial charge < -0.3 is 19.5 Å². The molecule has 1 saturated carbocycles. The third kappa shape index (κ3) is 7.44. The predicted molar refractivity (Wildman–Crippen MR) is 145 cm³/mol. The number of hydrogen-bond donors (Lipinski definition) is 3. The molecule has 4 aromatic rings. The molecule has 11 heteroatoms. The van der Waals surface area contributed by atoms with E-state index in [0.29, 0.717) is 28.6 Å². The number of hydrogen-bond acceptors (Lipinski definition) is 5. The lowest BCUT2D eigenvalue weighted by atomic mass is 10.00. The third-order valence-electron chi connectivity index (χ3n) is 6.53. The van der Waals surface area contributed by atoms with Gasteiger partial charge in [-0.15, -0.1) is 0 Å². The number of rotatable bonds is 6. The van der Waals surface area contributed by atoms with Crippen LogP contribution in [0.25, 0.3) is 22.4 Å². The van der Waals surface area contributed by atoms with Gasteiger partial charge in [-0.1, -0.05) is 71.9 Å². The van der Waals surface area contributed by atoms with E-state index in [4.69, 9.17) is 24.3 Å². The second kappa shape index (κ2) is 12.2. The van der Waals surface area contributed by atoms with Crippen LogP contribution in [0.1, 0.15) is 54.2 Å². The van der Waals surface area contributed by atoms with Crippen LogP contribution in [0.4, 0.5) is 28.4 Å². The lowest BCUT2D eigenvalue weighted by molar-refractivity contribution is -0.139. The highest BCUT2D eigenvalue weighted by molar-refractivity contribution is 5.91. The molecular formula is C30H27F3N2O6. The summed E-state index contributed by atoms with van der Waals surface area (Å²) in [5.41, 5.74) is 3.93. The van der Waals surface area contributed by atoms with Gasteiger partial charge in [0.2, 0.25) is 0 Å². The molecule has 1 aromatic heterocycles. The van der Waals surface area contributed by atoms with E-state index < -0.39 is 30.1 Å². The molecule has 1 heterocycles. The summed E-state index contributed by atoms with van der Waals surface area (Å²) in [6, 6.07) is 21.3. The first-order chi connectivity index (χ1) is 19.4. The van der Waals surface area contributed by atoms with Gasteiger partial charge in [0.1, 0.15) is 17.5 Å². The largest absolute Gasteiger partial charge is 0.503 e. The number of aryl methyl sites for hydroxylation is 1. The number of carbonyl (C=O) groups excluding carboxylic acids is 1. The van der Waals surface area contributed by atoms with Crippen LogP contribution in [0.15, 0.2) is 77.3 Å². The van der Waals surface area contributed by atoms with Crippen molar-refractivity contribution in [1.82, 2.24) is 5.16 Å². The van der Waals surface area contributed by atoms with Crippen molar-refractivity contribution in [1.29, 1.82) is 0 Å². The van der Waals surface area contributed by atoms with Crippen molar-refractivity contribution >= 4 is 17.9 Å². The van der Waals surface area contributed by atoms with E-state index in [1.165, 1.54) is 43.5 Å². The summed E-state index contributed by atoms with van der Waals surface area (Å²) in [4.78, 5) is 21.2. The van der Waals surface area contributed by atoms with Gasteiger partial charge in [-0.3, -0.25) is 5.32 Å². The van der Waals surface area contributed by atoms with Crippen LogP contribution in [0.5, 0.6) is 0 Å². The molecule has 3 N–H and O–H groups in total. The average molecular weight is 569 g/mol. The number of nitrogens with zero attached hydrogens (tertiary/aromatic N) is 1. The summed E-state index contributed by atoms with van der Waals surface area (Å²) < 4.78 is 50.6. The van der Waals surface area contributed by atoms with E-state index in [9.17, 15) is 18.0 Å². The second-order valence-corrected chi connectivity index (χ2v) is 9.48. The molecular weight excluding hydrogens is 541 g/mol. The highest BCUT2D eigenvalue weighted by Crippen LogP contribution is 2.41. The maximum atomic E-state index is 13.4. The first-order valence-electron chi connectivity index (χ1n) is 12.7. The van der Waals surface area contributed by atoms with Crippen LogP contribution in [0.2, 0.25) is 0 Å². The van der Waals surface area contributed by atoms with Gasteiger partial charge >= 0.3 is 18.4 Å². The van der Waals surface area contributed by atoms with Crippen molar-refractivity contribution in [3.05, 3.63) is 95.2 Å². The van der Waals surface area contributed by atoms with E-state index in [0.717, 1.165) is 17.2 Å². The predicted octanol–water partition coefficient (Wildman–Crippen LogP) is 8.75. The molecule has 1 aliphatic carbocycles. The number of carboxylic acid groups (broad SMARTS) is 2. The molecule has 1 amide bonds. The monoisotopic (exact) mass is 568 g/mol. The van der Waals surface area contributed by atoms with Crippen LogP contribution >= 0.6 is 0 Å². The van der Waals surface area contributed by atoms with Crippen molar-refractivity contribution in [2.75, 3.05) is 5.32 Å². The minimum Gasteiger partial charge on any atom is -0.450 e. The first-order valence-corrected chi connectivity index (χ1v) is 12.7. The standard InChI is InChI=1S/C29H25F3N2O3.CH2O3/c1-17(24-5-3-4-6-25(24)29(30,31)32)36-28(35)33-26-18(2)37-34-27(26)23-15-13-22(14-16-23)21-11-9-20(10-12-21)19-7-8-19;2-1(3)4/h3-6,9-17,19H,7-8H2,1-2H3,(H,33,35);(H2,2,3,4)/t17-;/m1./s1. The van der Waals surface area contributed by atoms with Gasteiger partial charge in [-0.05, 0) is 55.4 Å². The topological polar surface area (TPSA) is 122 Å². The molecule has 1 aliphatic rings. The van der Waals surface area contributed by atoms with Gasteiger partial charge in [-0.2, -0.15) is 13.2 Å². The van der Waals surface area contributed by atoms with Crippen molar-refractivity contribution < 1.29 is 42.2 Å². The molecule has 5 rings (SSSR count). The Labute approximate surface area is 233 Å². The van der Waals surface area contributed by atoms with Crippen LogP contribution in [-0.2, 0) is 10.9 Å². The highest BCUT2D eigenvalue weighted by Gasteiger charge is 2.35. The van der Waals surface area contributed by atoms with Gasteiger partial charge in [0.25, 0.3) is 0 Å². The van der Waals surface area contributed by atoms with Gasteiger partial charge in [0.05, 0.1) is 5.56 Å². The Morgan fingerprint density at radius 1 is 0.951 bits per heavy atom. The summed E-state index contributed by atoms with van der Waals surface area (Å²) in [5, 5.41) is 20.6. The number of ether oxygens (including phenoxy) is 1. The van der Waals surface area contributed by atoms with E-state index in [2.05, 4.69) is 34.7 Å². The normalized spacial score (nSPS) is 13.5. The van der Waals surface area contributed by atoms with Gasteiger partial charge in [0, 0.05) is 11.1 Å². The maximum absolute atomic E-state index is 13.4. The number of aromatic nitrogens is 1. The Morgan fingerprint density at radius 3 is 2.05 bits per heavy atom. The van der Waals surface area contributed by atoms with Crippen molar-refractivity contribution in [2.24, 2.45) is 0 Å². The Kier molecular flexibility index (Phi) is 8.65. The molecule has 0 unspecified atom stereocenters. The zero-order valence-electron chi connectivity index (χ0n) is 22.1. The minimum absolute atomic E-state index is 0.131.